The highest BCUT2D eigenvalue weighted by molar-refractivity contribution is 5.62. The molecule has 1 heterocycles. The predicted octanol–water partition coefficient (Wildman–Crippen LogP) is 1.77. The van der Waals surface area contributed by atoms with E-state index < -0.39 is 4.92 Å². The van der Waals surface area contributed by atoms with Gasteiger partial charge in [-0.15, -0.1) is 0 Å². The second kappa shape index (κ2) is 4.49. The van der Waals surface area contributed by atoms with E-state index >= 15 is 0 Å². The van der Waals surface area contributed by atoms with E-state index in [4.69, 9.17) is 5.73 Å². The van der Waals surface area contributed by atoms with Gasteiger partial charge in [-0.3, -0.25) is 15.0 Å². The van der Waals surface area contributed by atoms with E-state index in [0.717, 1.165) is 18.7 Å². The van der Waals surface area contributed by atoms with Crippen LogP contribution in [0.3, 0.4) is 0 Å². The number of nitro groups is 1. The zero-order chi connectivity index (χ0) is 11.5. The average Bonchev–Trinajstić information content (AvgIpc) is 2.73. The molecule has 1 fully saturated rings. The summed E-state index contributed by atoms with van der Waals surface area (Å²) >= 11 is 0. The minimum Gasteiger partial charge on any atom is -0.393 e. The molecule has 0 bridgehead atoms. The van der Waals surface area contributed by atoms with Crippen molar-refractivity contribution in [3.05, 3.63) is 33.9 Å². The SMILES string of the molecule is Nc1c(CN2CCCC2)cccc1[N+](=O)[O-]. The molecule has 16 heavy (non-hydrogen) atoms. The van der Waals surface area contributed by atoms with Gasteiger partial charge in [0.05, 0.1) is 4.92 Å². The lowest BCUT2D eigenvalue weighted by molar-refractivity contribution is -0.384. The summed E-state index contributed by atoms with van der Waals surface area (Å²) in [5.74, 6) is 0. The zero-order valence-electron chi connectivity index (χ0n) is 9.06. The van der Waals surface area contributed by atoms with E-state index in [2.05, 4.69) is 4.90 Å². The molecule has 86 valence electrons. The van der Waals surface area contributed by atoms with Crippen LogP contribution < -0.4 is 5.73 Å². The van der Waals surface area contributed by atoms with Crippen molar-refractivity contribution in [2.24, 2.45) is 0 Å². The number of para-hydroxylation sites is 1. The first kappa shape index (κ1) is 10.9. The van der Waals surface area contributed by atoms with Gasteiger partial charge in [0.25, 0.3) is 5.69 Å². The van der Waals surface area contributed by atoms with Crippen molar-refractivity contribution >= 4 is 11.4 Å². The van der Waals surface area contributed by atoms with Gasteiger partial charge in [-0.1, -0.05) is 12.1 Å². The Morgan fingerprint density at radius 3 is 2.69 bits per heavy atom. The lowest BCUT2D eigenvalue weighted by atomic mass is 10.1. The van der Waals surface area contributed by atoms with Crippen molar-refractivity contribution in [1.29, 1.82) is 0 Å². The van der Waals surface area contributed by atoms with E-state index in [1.807, 2.05) is 6.07 Å². The first-order valence-electron chi connectivity index (χ1n) is 5.42. The number of nitrogens with zero attached hydrogens (tertiary/aromatic N) is 2. The fourth-order valence-electron chi connectivity index (χ4n) is 2.08. The first-order valence-corrected chi connectivity index (χ1v) is 5.42. The fourth-order valence-corrected chi connectivity index (χ4v) is 2.08. The number of anilines is 1. The third-order valence-corrected chi connectivity index (χ3v) is 2.96. The maximum absolute atomic E-state index is 10.7. The van der Waals surface area contributed by atoms with Gasteiger partial charge in [0.2, 0.25) is 0 Å². The number of nitrogens with two attached hydrogens (primary N) is 1. The minimum absolute atomic E-state index is 0.0108. The van der Waals surface area contributed by atoms with Gasteiger partial charge in [-0.2, -0.15) is 0 Å². The second-order valence-corrected chi connectivity index (χ2v) is 4.09. The number of nitrogen functional groups attached to an aromatic ring is 1. The maximum atomic E-state index is 10.7. The van der Waals surface area contributed by atoms with Crippen LogP contribution in [-0.4, -0.2) is 22.9 Å². The van der Waals surface area contributed by atoms with Crippen molar-refractivity contribution in [3.63, 3.8) is 0 Å². The molecule has 0 amide bonds. The smallest absolute Gasteiger partial charge is 0.292 e. The average molecular weight is 221 g/mol. The van der Waals surface area contributed by atoms with E-state index in [-0.39, 0.29) is 5.69 Å². The maximum Gasteiger partial charge on any atom is 0.292 e. The molecule has 0 saturated carbocycles. The highest BCUT2D eigenvalue weighted by Crippen LogP contribution is 2.26. The monoisotopic (exact) mass is 221 g/mol. The summed E-state index contributed by atoms with van der Waals surface area (Å²) in [6.07, 6.45) is 2.41. The van der Waals surface area contributed by atoms with Gasteiger partial charge < -0.3 is 5.73 Å². The van der Waals surface area contributed by atoms with Gasteiger partial charge >= 0.3 is 0 Å². The molecule has 2 rings (SSSR count). The van der Waals surface area contributed by atoms with Crippen molar-refractivity contribution in [2.45, 2.75) is 19.4 Å². The predicted molar refractivity (Wildman–Crippen MR) is 62.0 cm³/mol. The topological polar surface area (TPSA) is 72.4 Å². The van der Waals surface area contributed by atoms with Crippen LogP contribution in [0, 0.1) is 10.1 Å². The molecule has 0 aromatic heterocycles. The number of benzene rings is 1. The third kappa shape index (κ3) is 2.14. The molecule has 0 atom stereocenters. The zero-order valence-corrected chi connectivity index (χ0v) is 9.06. The van der Waals surface area contributed by atoms with E-state index in [9.17, 15) is 10.1 Å². The van der Waals surface area contributed by atoms with Crippen LogP contribution in [-0.2, 0) is 6.54 Å². The number of hydrogen-bond donors (Lipinski definition) is 1. The summed E-state index contributed by atoms with van der Waals surface area (Å²) in [7, 11) is 0. The van der Waals surface area contributed by atoms with Crippen molar-refractivity contribution in [2.75, 3.05) is 18.8 Å². The van der Waals surface area contributed by atoms with Crippen LogP contribution in [0.25, 0.3) is 0 Å². The van der Waals surface area contributed by atoms with Crippen molar-refractivity contribution in [1.82, 2.24) is 4.90 Å². The highest BCUT2D eigenvalue weighted by atomic mass is 16.6. The Morgan fingerprint density at radius 2 is 2.06 bits per heavy atom. The van der Waals surface area contributed by atoms with Gasteiger partial charge in [-0.05, 0) is 31.5 Å². The van der Waals surface area contributed by atoms with E-state index in [0.29, 0.717) is 12.2 Å². The molecule has 0 aliphatic carbocycles. The molecule has 1 saturated heterocycles. The molecule has 0 radical (unpaired) electrons. The molecule has 5 nitrogen and oxygen atoms in total. The molecule has 5 heteroatoms. The van der Waals surface area contributed by atoms with Crippen molar-refractivity contribution in [3.8, 4) is 0 Å². The van der Waals surface area contributed by atoms with Gasteiger partial charge in [0.15, 0.2) is 0 Å². The Kier molecular flexibility index (Phi) is 3.05. The molecule has 1 aromatic carbocycles. The van der Waals surface area contributed by atoms with Crippen molar-refractivity contribution < 1.29 is 4.92 Å². The van der Waals surface area contributed by atoms with Crippen LogP contribution in [0.5, 0.6) is 0 Å². The number of nitro benzene ring substituents is 1. The molecule has 0 spiro atoms. The third-order valence-electron chi connectivity index (χ3n) is 2.96. The largest absolute Gasteiger partial charge is 0.393 e. The standard InChI is InChI=1S/C11H15N3O2/c12-11-9(8-13-6-1-2-7-13)4-3-5-10(11)14(15)16/h3-5H,1-2,6-8,12H2. The second-order valence-electron chi connectivity index (χ2n) is 4.09. The molecule has 1 aliphatic rings. The Balaban J connectivity index is 2.20. The Bertz CT molecular complexity index is 400. The molecular formula is C11H15N3O2. The van der Waals surface area contributed by atoms with Crippen LogP contribution in [0.1, 0.15) is 18.4 Å². The Morgan fingerprint density at radius 1 is 1.38 bits per heavy atom. The summed E-state index contributed by atoms with van der Waals surface area (Å²) in [6, 6.07) is 5.00. The van der Waals surface area contributed by atoms with Gasteiger partial charge in [-0.25, -0.2) is 0 Å². The molecule has 0 unspecified atom stereocenters. The van der Waals surface area contributed by atoms with Gasteiger partial charge in [0.1, 0.15) is 5.69 Å². The molecule has 1 aromatic rings. The van der Waals surface area contributed by atoms with Crippen LogP contribution in [0.4, 0.5) is 11.4 Å². The summed E-state index contributed by atoms with van der Waals surface area (Å²) in [6.45, 7) is 2.83. The number of hydrogen-bond acceptors (Lipinski definition) is 4. The number of likely N-dealkylation sites (tertiary alicyclic amines) is 1. The quantitative estimate of drug-likeness (QED) is 0.479. The molecule has 1 aliphatic heterocycles. The van der Waals surface area contributed by atoms with Crippen LogP contribution >= 0.6 is 0 Å². The van der Waals surface area contributed by atoms with E-state index in [1.165, 1.54) is 18.9 Å². The van der Waals surface area contributed by atoms with Crippen LogP contribution in [0.15, 0.2) is 18.2 Å². The highest BCUT2D eigenvalue weighted by Gasteiger charge is 2.17. The lowest BCUT2D eigenvalue weighted by Gasteiger charge is -2.15. The molecule has 2 N–H and O–H groups in total. The fraction of sp³-hybridized carbons (Fsp3) is 0.455. The normalized spacial score (nSPS) is 16.5. The summed E-state index contributed by atoms with van der Waals surface area (Å²) < 4.78 is 0. The summed E-state index contributed by atoms with van der Waals surface area (Å²) in [4.78, 5) is 12.6. The lowest BCUT2D eigenvalue weighted by Crippen LogP contribution is -2.19. The first-order chi connectivity index (χ1) is 7.68. The van der Waals surface area contributed by atoms with E-state index in [1.54, 1.807) is 6.07 Å². The Hall–Kier alpha value is -1.62. The number of rotatable bonds is 3. The summed E-state index contributed by atoms with van der Waals surface area (Å²) in [5, 5.41) is 10.7. The van der Waals surface area contributed by atoms with Crippen LogP contribution in [0.2, 0.25) is 0 Å². The summed E-state index contributed by atoms with van der Waals surface area (Å²) in [5.41, 5.74) is 6.97. The minimum atomic E-state index is -0.428. The van der Waals surface area contributed by atoms with Gasteiger partial charge in [0, 0.05) is 12.6 Å². The molecular weight excluding hydrogens is 206 g/mol. The Labute approximate surface area is 94.0 Å².